The fraction of sp³-hybridized carbons (Fsp3) is 0.600. The van der Waals surface area contributed by atoms with Crippen LogP contribution >= 0.6 is 0 Å². The molecule has 0 aliphatic carbocycles. The molecule has 12 heavy (non-hydrogen) atoms. The lowest BCUT2D eigenvalue weighted by Crippen LogP contribution is -2.10. The molecule has 0 atom stereocenters. The molecule has 0 fully saturated rings. The van der Waals surface area contributed by atoms with E-state index in [4.69, 9.17) is 15.3 Å². The minimum atomic E-state index is -1.45. The van der Waals surface area contributed by atoms with Crippen LogP contribution in [0.4, 0.5) is 9.59 Å². The third kappa shape index (κ3) is 15.8. The van der Waals surface area contributed by atoms with Crippen molar-refractivity contribution in [2.45, 2.75) is 0 Å². The van der Waals surface area contributed by atoms with Gasteiger partial charge in [0.1, 0.15) is 13.2 Å². The van der Waals surface area contributed by atoms with Gasteiger partial charge in [-0.2, -0.15) is 0 Å². The van der Waals surface area contributed by atoms with E-state index in [9.17, 15) is 9.59 Å². The average molecular weight is 182 g/mol. The second-order valence-electron chi connectivity index (χ2n) is 1.23. The van der Waals surface area contributed by atoms with E-state index in [0.29, 0.717) is 0 Å². The number of hydrogen-bond acceptors (Lipinski definition) is 5. The Morgan fingerprint density at radius 1 is 1.00 bits per heavy atom. The third-order valence-electron chi connectivity index (χ3n) is 0.534. The van der Waals surface area contributed by atoms with Crippen molar-refractivity contribution < 1.29 is 34.4 Å². The standard InChI is InChI=1S/C4H6O6.CH4O/c5-3(6)9-1-2-10-4(7)8;1-2/h1-2H2,(H,5,6)(H,7,8);2H,1H3. The van der Waals surface area contributed by atoms with Crippen LogP contribution in [-0.2, 0) is 9.47 Å². The van der Waals surface area contributed by atoms with Crippen molar-refractivity contribution in [1.82, 2.24) is 0 Å². The maximum Gasteiger partial charge on any atom is 0.505 e. The lowest BCUT2D eigenvalue weighted by Gasteiger charge is -1.98. The fourth-order valence-corrected chi connectivity index (χ4v) is 0.258. The van der Waals surface area contributed by atoms with E-state index in [1.54, 1.807) is 0 Å². The highest BCUT2D eigenvalue weighted by Gasteiger charge is 1.98. The van der Waals surface area contributed by atoms with Crippen LogP contribution in [0.2, 0.25) is 0 Å². The van der Waals surface area contributed by atoms with Crippen LogP contribution < -0.4 is 0 Å². The molecule has 0 aromatic rings. The SMILES string of the molecule is CO.O=C(O)OCCOC(=O)O. The average Bonchev–Trinajstić information content (AvgIpc) is 2.02. The van der Waals surface area contributed by atoms with Crippen LogP contribution in [0.1, 0.15) is 0 Å². The summed E-state index contributed by atoms with van der Waals surface area (Å²) < 4.78 is 7.84. The minimum Gasteiger partial charge on any atom is -0.450 e. The van der Waals surface area contributed by atoms with Crippen molar-refractivity contribution in [2.24, 2.45) is 0 Å². The first-order valence-corrected chi connectivity index (χ1v) is 2.79. The van der Waals surface area contributed by atoms with Crippen LogP contribution in [0.15, 0.2) is 0 Å². The molecule has 0 spiro atoms. The van der Waals surface area contributed by atoms with Gasteiger partial charge in [-0.05, 0) is 0 Å². The van der Waals surface area contributed by atoms with Gasteiger partial charge in [-0.15, -0.1) is 0 Å². The molecule has 7 nitrogen and oxygen atoms in total. The van der Waals surface area contributed by atoms with Gasteiger partial charge in [0.15, 0.2) is 0 Å². The van der Waals surface area contributed by atoms with Crippen LogP contribution in [0, 0.1) is 0 Å². The Labute approximate surface area is 68.1 Å². The number of carbonyl (C=O) groups is 2. The van der Waals surface area contributed by atoms with Crippen molar-refractivity contribution >= 4 is 12.3 Å². The van der Waals surface area contributed by atoms with Crippen LogP contribution in [0.3, 0.4) is 0 Å². The number of carboxylic acid groups (broad SMARTS) is 2. The second kappa shape index (κ2) is 9.50. The number of rotatable bonds is 3. The highest BCUT2D eigenvalue weighted by molar-refractivity contribution is 5.57. The summed E-state index contributed by atoms with van der Waals surface area (Å²) in [6.45, 7) is -0.552. The van der Waals surface area contributed by atoms with Gasteiger partial charge in [0, 0.05) is 7.11 Å². The molecule has 72 valence electrons. The monoisotopic (exact) mass is 182 g/mol. The van der Waals surface area contributed by atoms with Crippen LogP contribution in [-0.4, -0.2) is 48.0 Å². The van der Waals surface area contributed by atoms with Crippen molar-refractivity contribution in [3.05, 3.63) is 0 Å². The van der Waals surface area contributed by atoms with Gasteiger partial charge >= 0.3 is 12.3 Å². The fourth-order valence-electron chi connectivity index (χ4n) is 0.258. The van der Waals surface area contributed by atoms with Gasteiger partial charge in [-0.25, -0.2) is 9.59 Å². The van der Waals surface area contributed by atoms with E-state index in [-0.39, 0.29) is 13.2 Å². The number of hydrogen-bond donors (Lipinski definition) is 3. The van der Waals surface area contributed by atoms with Gasteiger partial charge in [0.25, 0.3) is 0 Å². The van der Waals surface area contributed by atoms with Gasteiger partial charge < -0.3 is 24.8 Å². The first-order valence-electron chi connectivity index (χ1n) is 2.79. The molecule has 0 amide bonds. The summed E-state index contributed by atoms with van der Waals surface area (Å²) >= 11 is 0. The highest BCUT2D eigenvalue weighted by atomic mass is 16.7. The Morgan fingerprint density at radius 3 is 1.42 bits per heavy atom. The predicted molar refractivity (Wildman–Crippen MR) is 36.1 cm³/mol. The molecule has 0 aromatic heterocycles. The summed E-state index contributed by atoms with van der Waals surface area (Å²) in [5, 5.41) is 22.7. The number of aliphatic hydroxyl groups excluding tert-OH is 1. The zero-order chi connectivity index (χ0) is 9.98. The summed E-state index contributed by atoms with van der Waals surface area (Å²) in [6, 6.07) is 0. The quantitative estimate of drug-likeness (QED) is 0.415. The molecule has 0 bridgehead atoms. The second-order valence-corrected chi connectivity index (χ2v) is 1.23. The summed E-state index contributed by atoms with van der Waals surface area (Å²) in [6.07, 6.45) is -2.90. The number of aliphatic hydroxyl groups is 1. The van der Waals surface area contributed by atoms with Gasteiger partial charge in [0.2, 0.25) is 0 Å². The summed E-state index contributed by atoms with van der Waals surface area (Å²) in [5.74, 6) is 0. The third-order valence-corrected chi connectivity index (χ3v) is 0.534. The zero-order valence-corrected chi connectivity index (χ0v) is 6.39. The molecule has 0 heterocycles. The molecule has 0 unspecified atom stereocenters. The molecule has 0 radical (unpaired) electrons. The maximum absolute atomic E-state index is 9.62. The minimum absolute atomic E-state index is 0.276. The van der Waals surface area contributed by atoms with E-state index < -0.39 is 12.3 Å². The molecule has 0 aliphatic heterocycles. The van der Waals surface area contributed by atoms with Gasteiger partial charge in [-0.3, -0.25) is 0 Å². The van der Waals surface area contributed by atoms with E-state index in [1.165, 1.54) is 0 Å². The lowest BCUT2D eigenvalue weighted by atomic mass is 10.8. The molecular weight excluding hydrogens is 172 g/mol. The largest absolute Gasteiger partial charge is 0.505 e. The molecule has 0 saturated carbocycles. The Bertz CT molecular complexity index is 116. The van der Waals surface area contributed by atoms with Crippen LogP contribution in [0.5, 0.6) is 0 Å². The molecule has 3 N–H and O–H groups in total. The van der Waals surface area contributed by atoms with E-state index in [1.807, 2.05) is 0 Å². The highest BCUT2D eigenvalue weighted by Crippen LogP contribution is 1.79. The van der Waals surface area contributed by atoms with E-state index in [0.717, 1.165) is 7.11 Å². The summed E-state index contributed by atoms with van der Waals surface area (Å²) in [7, 11) is 1.00. The maximum atomic E-state index is 9.62. The molecular formula is C5H10O7. The Kier molecular flexibility index (Phi) is 10.4. The molecule has 7 heteroatoms. The van der Waals surface area contributed by atoms with Gasteiger partial charge in [0.05, 0.1) is 0 Å². The first-order chi connectivity index (χ1) is 5.63. The number of ether oxygens (including phenoxy) is 2. The molecule has 0 rings (SSSR count). The van der Waals surface area contributed by atoms with Crippen LogP contribution in [0.25, 0.3) is 0 Å². The summed E-state index contributed by atoms with van der Waals surface area (Å²) in [4.78, 5) is 19.2. The topological polar surface area (TPSA) is 113 Å². The zero-order valence-electron chi connectivity index (χ0n) is 6.39. The smallest absolute Gasteiger partial charge is 0.450 e. The van der Waals surface area contributed by atoms with E-state index >= 15 is 0 Å². The normalized spacial score (nSPS) is 7.50. The molecule has 0 aliphatic rings. The van der Waals surface area contributed by atoms with Crippen molar-refractivity contribution in [2.75, 3.05) is 20.3 Å². The Hall–Kier alpha value is -1.50. The van der Waals surface area contributed by atoms with Crippen molar-refractivity contribution in [3.8, 4) is 0 Å². The van der Waals surface area contributed by atoms with Crippen molar-refractivity contribution in [3.63, 3.8) is 0 Å². The van der Waals surface area contributed by atoms with Gasteiger partial charge in [-0.1, -0.05) is 0 Å². The van der Waals surface area contributed by atoms with Crippen molar-refractivity contribution in [1.29, 1.82) is 0 Å². The lowest BCUT2D eigenvalue weighted by molar-refractivity contribution is 0.0472. The summed E-state index contributed by atoms with van der Waals surface area (Å²) in [5.41, 5.74) is 0. The van der Waals surface area contributed by atoms with E-state index in [2.05, 4.69) is 9.47 Å². The molecule has 0 aromatic carbocycles. The Balaban J connectivity index is 0. The Morgan fingerprint density at radius 2 is 1.25 bits per heavy atom. The predicted octanol–water partition coefficient (Wildman–Crippen LogP) is -0.0159. The first kappa shape index (κ1) is 13.1. The molecule has 0 saturated heterocycles.